The van der Waals surface area contributed by atoms with Crippen LogP contribution in [0, 0.1) is 0 Å². The summed E-state index contributed by atoms with van der Waals surface area (Å²) in [5, 5.41) is 15.4. The number of amides is 2. The standard InChI is InChI=1S/2C2H5NO3/c2*3-2(5)6-1-4/h2*4H,1H2,(H2,3,5). The Morgan fingerprint density at radius 3 is 1.25 bits per heavy atom. The van der Waals surface area contributed by atoms with Crippen LogP contribution in [0.3, 0.4) is 0 Å². The Morgan fingerprint density at radius 1 is 1.00 bits per heavy atom. The van der Waals surface area contributed by atoms with Crippen LogP contribution in [-0.2, 0) is 9.47 Å². The zero-order chi connectivity index (χ0) is 9.98. The number of hydrogen-bond acceptors (Lipinski definition) is 6. The summed E-state index contributed by atoms with van der Waals surface area (Å²) >= 11 is 0. The van der Waals surface area contributed by atoms with E-state index < -0.39 is 25.8 Å². The third kappa shape index (κ3) is 23.7. The summed E-state index contributed by atoms with van der Waals surface area (Å²) in [6, 6.07) is 0. The molecule has 72 valence electrons. The van der Waals surface area contributed by atoms with Gasteiger partial charge in [0.15, 0.2) is 13.6 Å². The van der Waals surface area contributed by atoms with Crippen LogP contribution in [0.5, 0.6) is 0 Å². The van der Waals surface area contributed by atoms with Crippen LogP contribution < -0.4 is 11.5 Å². The second-order valence-corrected chi connectivity index (χ2v) is 1.18. The van der Waals surface area contributed by atoms with Crippen molar-refractivity contribution < 1.29 is 29.3 Å². The number of primary amides is 2. The van der Waals surface area contributed by atoms with Crippen molar-refractivity contribution in [3.63, 3.8) is 0 Å². The molecule has 0 spiro atoms. The molecule has 6 N–H and O–H groups in total. The summed E-state index contributed by atoms with van der Waals surface area (Å²) < 4.78 is 7.47. The van der Waals surface area contributed by atoms with Crippen LogP contribution in [0.2, 0.25) is 0 Å². The maximum Gasteiger partial charge on any atom is 0.406 e. The Labute approximate surface area is 67.7 Å². The Kier molecular flexibility index (Phi) is 10.3. The molecule has 12 heavy (non-hydrogen) atoms. The SMILES string of the molecule is NC(=O)OCO.NC(=O)OCO. The van der Waals surface area contributed by atoms with Gasteiger partial charge in [0.25, 0.3) is 0 Å². The second-order valence-electron chi connectivity index (χ2n) is 1.18. The third-order valence-electron chi connectivity index (χ3n) is 0.414. The van der Waals surface area contributed by atoms with Crippen molar-refractivity contribution in [2.75, 3.05) is 13.6 Å². The molecule has 8 nitrogen and oxygen atoms in total. The monoisotopic (exact) mass is 182 g/mol. The molecule has 0 aliphatic carbocycles. The van der Waals surface area contributed by atoms with Crippen LogP contribution in [0.4, 0.5) is 9.59 Å². The first kappa shape index (κ1) is 13.1. The smallest absolute Gasteiger partial charge is 0.406 e. The van der Waals surface area contributed by atoms with Gasteiger partial charge in [-0.25, -0.2) is 9.59 Å². The first-order chi connectivity index (χ1) is 5.54. The van der Waals surface area contributed by atoms with E-state index in [1.165, 1.54) is 0 Å². The van der Waals surface area contributed by atoms with Crippen molar-refractivity contribution in [2.24, 2.45) is 11.5 Å². The molecule has 8 heteroatoms. The molecule has 0 aromatic carbocycles. The summed E-state index contributed by atoms with van der Waals surface area (Å²) in [5.74, 6) is 0. The topological polar surface area (TPSA) is 145 Å². The third-order valence-corrected chi connectivity index (χ3v) is 0.414. The zero-order valence-electron chi connectivity index (χ0n) is 6.10. The zero-order valence-corrected chi connectivity index (χ0v) is 6.10. The fourth-order valence-corrected chi connectivity index (χ4v) is 0.127. The van der Waals surface area contributed by atoms with E-state index in [0.29, 0.717) is 0 Å². The summed E-state index contributed by atoms with van der Waals surface area (Å²) in [5.41, 5.74) is 8.76. The van der Waals surface area contributed by atoms with Gasteiger partial charge in [-0.1, -0.05) is 0 Å². The minimum Gasteiger partial charge on any atom is -0.423 e. The number of aliphatic hydroxyl groups is 2. The predicted molar refractivity (Wildman–Crippen MR) is 35.5 cm³/mol. The fourth-order valence-electron chi connectivity index (χ4n) is 0.127. The van der Waals surface area contributed by atoms with Crippen molar-refractivity contribution in [3.05, 3.63) is 0 Å². The summed E-state index contributed by atoms with van der Waals surface area (Å²) in [6.07, 6.45) is -1.92. The lowest BCUT2D eigenvalue weighted by molar-refractivity contribution is 0.0490. The molecule has 0 heterocycles. The van der Waals surface area contributed by atoms with Gasteiger partial charge in [-0.05, 0) is 0 Å². The second kappa shape index (κ2) is 9.46. The lowest BCUT2D eigenvalue weighted by atomic mass is 11.2. The predicted octanol–water partition coefficient (Wildman–Crippen LogP) is -1.94. The molecule has 0 rings (SSSR count). The molecule has 0 bridgehead atoms. The molecule has 0 fully saturated rings. The Morgan fingerprint density at radius 2 is 1.25 bits per heavy atom. The normalized spacial score (nSPS) is 7.50. The van der Waals surface area contributed by atoms with Crippen molar-refractivity contribution in [2.45, 2.75) is 0 Å². The summed E-state index contributed by atoms with van der Waals surface area (Å²) in [4.78, 5) is 18.9. The highest BCUT2D eigenvalue weighted by molar-refractivity contribution is 5.64. The van der Waals surface area contributed by atoms with Crippen LogP contribution in [-0.4, -0.2) is 36.0 Å². The van der Waals surface area contributed by atoms with E-state index in [0.717, 1.165) is 0 Å². The molecule has 0 saturated heterocycles. The largest absolute Gasteiger partial charge is 0.423 e. The molecule has 0 unspecified atom stereocenters. The van der Waals surface area contributed by atoms with Gasteiger partial charge in [-0.2, -0.15) is 0 Å². The Balaban J connectivity index is 0. The van der Waals surface area contributed by atoms with E-state index >= 15 is 0 Å². The van der Waals surface area contributed by atoms with Crippen molar-refractivity contribution >= 4 is 12.2 Å². The van der Waals surface area contributed by atoms with Gasteiger partial charge in [0.05, 0.1) is 0 Å². The van der Waals surface area contributed by atoms with E-state index in [1.54, 1.807) is 0 Å². The lowest BCUT2D eigenvalue weighted by Crippen LogP contribution is -2.12. The van der Waals surface area contributed by atoms with Gasteiger partial charge in [0.2, 0.25) is 0 Å². The number of hydrogen-bond donors (Lipinski definition) is 4. The molecule has 0 aliphatic rings. The quantitative estimate of drug-likeness (QED) is 0.365. The summed E-state index contributed by atoms with van der Waals surface area (Å²) in [7, 11) is 0. The van der Waals surface area contributed by atoms with Crippen molar-refractivity contribution in [1.29, 1.82) is 0 Å². The van der Waals surface area contributed by atoms with Crippen LogP contribution in [0.25, 0.3) is 0 Å². The van der Waals surface area contributed by atoms with E-state index in [4.69, 9.17) is 10.2 Å². The van der Waals surface area contributed by atoms with E-state index in [1.807, 2.05) is 0 Å². The van der Waals surface area contributed by atoms with Crippen LogP contribution >= 0.6 is 0 Å². The molecule has 0 aromatic rings. The minimum atomic E-state index is -0.961. The highest BCUT2D eigenvalue weighted by atomic mass is 16.6. The van der Waals surface area contributed by atoms with Gasteiger partial charge in [-0.3, -0.25) is 0 Å². The molecule has 2 amide bonds. The van der Waals surface area contributed by atoms with Gasteiger partial charge < -0.3 is 31.2 Å². The van der Waals surface area contributed by atoms with E-state index in [9.17, 15) is 9.59 Å². The average molecular weight is 182 g/mol. The molecule has 0 aromatic heterocycles. The highest BCUT2D eigenvalue weighted by Crippen LogP contribution is 1.63. The molecule has 0 aliphatic heterocycles. The summed E-state index contributed by atoms with van der Waals surface area (Å²) in [6.45, 7) is -1.29. The average Bonchev–Trinajstić information content (AvgIpc) is 1.87. The number of aliphatic hydroxyl groups excluding tert-OH is 2. The number of carbonyl (C=O) groups is 2. The molecular weight excluding hydrogens is 172 g/mol. The van der Waals surface area contributed by atoms with Gasteiger partial charge in [-0.15, -0.1) is 0 Å². The molecule has 0 saturated carbocycles. The fraction of sp³-hybridized carbons (Fsp3) is 0.500. The van der Waals surface area contributed by atoms with Crippen LogP contribution in [0.1, 0.15) is 0 Å². The maximum absolute atomic E-state index is 9.44. The minimum absolute atomic E-state index is 0.644. The lowest BCUT2D eigenvalue weighted by Gasteiger charge is -1.88. The number of ether oxygens (including phenoxy) is 2. The molecule has 0 radical (unpaired) electrons. The Hall–Kier alpha value is -1.54. The van der Waals surface area contributed by atoms with Gasteiger partial charge in [0, 0.05) is 0 Å². The van der Waals surface area contributed by atoms with Gasteiger partial charge in [0.1, 0.15) is 0 Å². The number of rotatable bonds is 2. The molecular formula is C4H10N2O6. The maximum atomic E-state index is 9.44. The van der Waals surface area contributed by atoms with Crippen molar-refractivity contribution in [3.8, 4) is 0 Å². The van der Waals surface area contributed by atoms with Crippen molar-refractivity contribution in [1.82, 2.24) is 0 Å². The Bertz CT molecular complexity index is 122. The van der Waals surface area contributed by atoms with E-state index in [-0.39, 0.29) is 0 Å². The number of carbonyl (C=O) groups excluding carboxylic acids is 2. The first-order valence-corrected chi connectivity index (χ1v) is 2.60. The highest BCUT2D eigenvalue weighted by Gasteiger charge is 1.83. The van der Waals surface area contributed by atoms with E-state index in [2.05, 4.69) is 20.9 Å². The number of nitrogens with two attached hydrogens (primary N) is 2. The molecule has 0 atom stereocenters. The first-order valence-electron chi connectivity index (χ1n) is 2.60. The van der Waals surface area contributed by atoms with Gasteiger partial charge >= 0.3 is 12.2 Å². The van der Waals surface area contributed by atoms with Crippen LogP contribution in [0.15, 0.2) is 0 Å².